The van der Waals surface area contributed by atoms with Gasteiger partial charge in [-0.2, -0.15) is 0 Å². The molecule has 94 valence electrons. The molecular formula is C15H29N. The van der Waals surface area contributed by atoms with Crippen molar-refractivity contribution in [3.63, 3.8) is 0 Å². The number of rotatable bonds is 3. The third-order valence-electron chi connectivity index (χ3n) is 4.71. The molecule has 0 spiro atoms. The standard InChI is InChI=1S/C15H29N/c1-13(2)12-15(9-5-6-10-15)14-8-4-3-7-11-16-14/h13-14,16H,3-12H2,1-2H3. The van der Waals surface area contributed by atoms with Crippen molar-refractivity contribution < 1.29 is 0 Å². The van der Waals surface area contributed by atoms with E-state index in [4.69, 9.17) is 0 Å². The molecule has 2 fully saturated rings. The summed E-state index contributed by atoms with van der Waals surface area (Å²) < 4.78 is 0. The van der Waals surface area contributed by atoms with Gasteiger partial charge in [-0.15, -0.1) is 0 Å². The fourth-order valence-corrected chi connectivity index (χ4v) is 4.14. The van der Waals surface area contributed by atoms with Gasteiger partial charge in [0.05, 0.1) is 0 Å². The zero-order chi connectivity index (χ0) is 11.4. The van der Waals surface area contributed by atoms with Gasteiger partial charge in [-0.3, -0.25) is 0 Å². The monoisotopic (exact) mass is 223 g/mol. The lowest BCUT2D eigenvalue weighted by molar-refractivity contribution is 0.151. The summed E-state index contributed by atoms with van der Waals surface area (Å²) in [5.41, 5.74) is 0.665. The maximum Gasteiger partial charge on any atom is 0.0124 e. The average Bonchev–Trinajstić information content (AvgIpc) is 2.54. The molecule has 16 heavy (non-hydrogen) atoms. The Morgan fingerprint density at radius 2 is 1.81 bits per heavy atom. The van der Waals surface area contributed by atoms with Crippen molar-refractivity contribution in [2.24, 2.45) is 11.3 Å². The SMILES string of the molecule is CC(C)CC1(C2CCCCCN2)CCCC1. The molecule has 1 saturated carbocycles. The van der Waals surface area contributed by atoms with Crippen molar-refractivity contribution in [1.82, 2.24) is 5.32 Å². The first-order valence-corrected chi connectivity index (χ1v) is 7.46. The molecule has 1 N–H and O–H groups in total. The third kappa shape index (κ3) is 2.80. The van der Waals surface area contributed by atoms with Crippen LogP contribution in [0.15, 0.2) is 0 Å². The maximum atomic E-state index is 3.87. The third-order valence-corrected chi connectivity index (χ3v) is 4.71. The van der Waals surface area contributed by atoms with Crippen LogP contribution in [-0.4, -0.2) is 12.6 Å². The highest BCUT2D eigenvalue weighted by atomic mass is 14.9. The fourth-order valence-electron chi connectivity index (χ4n) is 4.14. The summed E-state index contributed by atoms with van der Waals surface area (Å²) in [5.74, 6) is 0.864. The normalized spacial score (nSPS) is 30.6. The van der Waals surface area contributed by atoms with Crippen LogP contribution in [0, 0.1) is 11.3 Å². The Bertz CT molecular complexity index is 195. The van der Waals surface area contributed by atoms with E-state index in [2.05, 4.69) is 19.2 Å². The zero-order valence-electron chi connectivity index (χ0n) is 11.2. The van der Waals surface area contributed by atoms with Gasteiger partial charge in [-0.05, 0) is 50.0 Å². The van der Waals surface area contributed by atoms with Gasteiger partial charge in [0.2, 0.25) is 0 Å². The molecule has 2 aliphatic rings. The molecule has 0 radical (unpaired) electrons. The summed E-state index contributed by atoms with van der Waals surface area (Å²) in [5, 5.41) is 3.87. The van der Waals surface area contributed by atoms with Crippen LogP contribution in [0.1, 0.15) is 71.6 Å². The maximum absolute atomic E-state index is 3.87. The number of hydrogen-bond acceptors (Lipinski definition) is 1. The average molecular weight is 223 g/mol. The summed E-state index contributed by atoms with van der Waals surface area (Å²) >= 11 is 0. The molecule has 0 aromatic rings. The Labute approximate surface area is 101 Å². The van der Waals surface area contributed by atoms with Crippen molar-refractivity contribution in [2.75, 3.05) is 6.54 Å². The second kappa shape index (κ2) is 5.53. The molecule has 2 rings (SSSR count). The molecule has 0 amide bonds. The summed E-state index contributed by atoms with van der Waals surface area (Å²) in [4.78, 5) is 0. The number of hydrogen-bond donors (Lipinski definition) is 1. The van der Waals surface area contributed by atoms with Gasteiger partial charge in [0.1, 0.15) is 0 Å². The Kier molecular flexibility index (Phi) is 4.29. The summed E-state index contributed by atoms with van der Waals surface area (Å²) in [6, 6.07) is 0.833. The smallest absolute Gasteiger partial charge is 0.0124 e. The van der Waals surface area contributed by atoms with Gasteiger partial charge < -0.3 is 5.32 Å². The highest BCUT2D eigenvalue weighted by Crippen LogP contribution is 2.47. The van der Waals surface area contributed by atoms with E-state index in [1.54, 1.807) is 0 Å². The van der Waals surface area contributed by atoms with Gasteiger partial charge >= 0.3 is 0 Å². The van der Waals surface area contributed by atoms with E-state index in [9.17, 15) is 0 Å². The largest absolute Gasteiger partial charge is 0.313 e. The van der Waals surface area contributed by atoms with Crippen LogP contribution < -0.4 is 5.32 Å². The number of nitrogens with one attached hydrogen (secondary N) is 1. The Morgan fingerprint density at radius 3 is 2.50 bits per heavy atom. The van der Waals surface area contributed by atoms with Crippen molar-refractivity contribution in [1.29, 1.82) is 0 Å². The lowest BCUT2D eigenvalue weighted by Gasteiger charge is -2.39. The molecule has 1 aliphatic carbocycles. The second-order valence-electron chi connectivity index (χ2n) is 6.52. The van der Waals surface area contributed by atoms with Crippen molar-refractivity contribution in [3.05, 3.63) is 0 Å². The van der Waals surface area contributed by atoms with Crippen molar-refractivity contribution in [2.45, 2.75) is 77.7 Å². The van der Waals surface area contributed by atoms with Gasteiger partial charge in [0, 0.05) is 6.04 Å². The van der Waals surface area contributed by atoms with Crippen LogP contribution in [0.3, 0.4) is 0 Å². The molecular weight excluding hydrogens is 194 g/mol. The van der Waals surface area contributed by atoms with Crippen LogP contribution in [0.5, 0.6) is 0 Å². The Morgan fingerprint density at radius 1 is 1.06 bits per heavy atom. The summed E-state index contributed by atoms with van der Waals surface area (Å²) in [6.45, 7) is 6.07. The van der Waals surface area contributed by atoms with E-state index in [-0.39, 0.29) is 0 Å². The van der Waals surface area contributed by atoms with E-state index < -0.39 is 0 Å². The van der Waals surface area contributed by atoms with E-state index in [1.165, 1.54) is 64.3 Å². The summed E-state index contributed by atoms with van der Waals surface area (Å²) in [6.07, 6.45) is 13.1. The van der Waals surface area contributed by atoms with Gasteiger partial charge in [0.25, 0.3) is 0 Å². The topological polar surface area (TPSA) is 12.0 Å². The van der Waals surface area contributed by atoms with Gasteiger partial charge in [-0.1, -0.05) is 39.5 Å². The van der Waals surface area contributed by atoms with Gasteiger partial charge in [-0.25, -0.2) is 0 Å². The van der Waals surface area contributed by atoms with Crippen LogP contribution in [-0.2, 0) is 0 Å². The Balaban J connectivity index is 2.04. The highest BCUT2D eigenvalue weighted by Gasteiger charge is 2.41. The van der Waals surface area contributed by atoms with E-state index in [0.717, 1.165) is 12.0 Å². The second-order valence-corrected chi connectivity index (χ2v) is 6.52. The van der Waals surface area contributed by atoms with E-state index >= 15 is 0 Å². The molecule has 1 unspecified atom stereocenters. The lowest BCUT2D eigenvalue weighted by atomic mass is 9.71. The predicted octanol–water partition coefficient (Wildman–Crippen LogP) is 4.13. The minimum atomic E-state index is 0.665. The highest BCUT2D eigenvalue weighted by molar-refractivity contribution is 4.95. The molecule has 1 heteroatoms. The molecule has 0 aromatic carbocycles. The zero-order valence-corrected chi connectivity index (χ0v) is 11.2. The molecule has 1 aliphatic heterocycles. The molecule has 1 nitrogen and oxygen atoms in total. The van der Waals surface area contributed by atoms with Crippen LogP contribution in [0.2, 0.25) is 0 Å². The first-order chi connectivity index (χ1) is 7.73. The summed E-state index contributed by atoms with van der Waals surface area (Å²) in [7, 11) is 0. The fraction of sp³-hybridized carbons (Fsp3) is 1.00. The molecule has 1 heterocycles. The van der Waals surface area contributed by atoms with Crippen LogP contribution >= 0.6 is 0 Å². The Hall–Kier alpha value is -0.0400. The first kappa shape index (κ1) is 12.4. The van der Waals surface area contributed by atoms with Crippen molar-refractivity contribution in [3.8, 4) is 0 Å². The quantitative estimate of drug-likeness (QED) is 0.758. The van der Waals surface area contributed by atoms with Crippen LogP contribution in [0.4, 0.5) is 0 Å². The molecule has 1 saturated heterocycles. The van der Waals surface area contributed by atoms with Crippen LogP contribution in [0.25, 0.3) is 0 Å². The minimum absolute atomic E-state index is 0.665. The molecule has 0 bridgehead atoms. The lowest BCUT2D eigenvalue weighted by Crippen LogP contribution is -2.44. The first-order valence-electron chi connectivity index (χ1n) is 7.46. The minimum Gasteiger partial charge on any atom is -0.313 e. The predicted molar refractivity (Wildman–Crippen MR) is 70.6 cm³/mol. The molecule has 1 atom stereocenters. The van der Waals surface area contributed by atoms with E-state index in [1.807, 2.05) is 0 Å². The van der Waals surface area contributed by atoms with E-state index in [0.29, 0.717) is 5.41 Å². The molecule has 0 aromatic heterocycles. The van der Waals surface area contributed by atoms with Gasteiger partial charge in [0.15, 0.2) is 0 Å². The van der Waals surface area contributed by atoms with Crippen molar-refractivity contribution >= 4 is 0 Å².